The average Bonchev–Trinajstić information content (AvgIpc) is 2.17. The van der Waals surface area contributed by atoms with Gasteiger partial charge >= 0.3 is 0 Å². The monoisotopic (exact) mass is 190 g/mol. The molecule has 4 heteroatoms. The molecule has 1 aliphatic rings. The van der Waals surface area contributed by atoms with Crippen LogP contribution < -0.4 is 0 Å². The van der Waals surface area contributed by atoms with Crippen LogP contribution in [0.4, 0.5) is 0 Å². The van der Waals surface area contributed by atoms with Crippen molar-refractivity contribution < 1.29 is 19.3 Å². The predicted octanol–water partition coefficient (Wildman–Crippen LogP) is 0.391. The molecule has 0 aromatic carbocycles. The summed E-state index contributed by atoms with van der Waals surface area (Å²) in [6.45, 7) is 2.03. The Labute approximate surface area is 78.8 Å². The van der Waals surface area contributed by atoms with Gasteiger partial charge in [0.25, 0.3) is 0 Å². The van der Waals surface area contributed by atoms with Gasteiger partial charge < -0.3 is 19.3 Å². The maximum absolute atomic E-state index is 9.03. The Hall–Kier alpha value is -0.160. The summed E-state index contributed by atoms with van der Waals surface area (Å²) in [5.41, 5.74) is 0. The summed E-state index contributed by atoms with van der Waals surface area (Å²) in [4.78, 5) is 0. The van der Waals surface area contributed by atoms with Crippen molar-refractivity contribution in [2.24, 2.45) is 5.92 Å². The first-order valence-electron chi connectivity index (χ1n) is 4.54. The average molecular weight is 190 g/mol. The van der Waals surface area contributed by atoms with Gasteiger partial charge in [-0.05, 0) is 6.42 Å². The molecule has 0 aromatic heterocycles. The van der Waals surface area contributed by atoms with Crippen LogP contribution in [-0.4, -0.2) is 44.4 Å². The van der Waals surface area contributed by atoms with Gasteiger partial charge in [-0.2, -0.15) is 0 Å². The number of ether oxygens (including phenoxy) is 3. The standard InChI is InChI=1S/C9H18O4/c1-6-4-7(11-2)8(5-10)13-9(6)12-3/h6-10H,4-5H2,1-3H3/t6-,7+,8-,9+/m1/s1. The van der Waals surface area contributed by atoms with Crippen molar-refractivity contribution in [3.63, 3.8) is 0 Å². The highest BCUT2D eigenvalue weighted by atomic mass is 16.7. The van der Waals surface area contributed by atoms with E-state index in [1.807, 2.05) is 6.92 Å². The summed E-state index contributed by atoms with van der Waals surface area (Å²) in [6.07, 6.45) is 0.362. The van der Waals surface area contributed by atoms with Gasteiger partial charge in [-0.15, -0.1) is 0 Å². The lowest BCUT2D eigenvalue weighted by Crippen LogP contribution is -2.46. The molecule has 0 bridgehead atoms. The third-order valence-corrected chi connectivity index (χ3v) is 2.51. The molecule has 1 heterocycles. The van der Waals surface area contributed by atoms with Crippen molar-refractivity contribution in [3.05, 3.63) is 0 Å². The fourth-order valence-corrected chi connectivity index (χ4v) is 1.72. The Morgan fingerprint density at radius 1 is 1.38 bits per heavy atom. The summed E-state index contributed by atoms with van der Waals surface area (Å²) in [6, 6.07) is 0. The van der Waals surface area contributed by atoms with Crippen molar-refractivity contribution in [2.75, 3.05) is 20.8 Å². The summed E-state index contributed by atoms with van der Waals surface area (Å²) >= 11 is 0. The molecule has 1 fully saturated rings. The van der Waals surface area contributed by atoms with Gasteiger partial charge in [-0.1, -0.05) is 6.92 Å². The Morgan fingerprint density at radius 2 is 2.08 bits per heavy atom. The van der Waals surface area contributed by atoms with Crippen molar-refractivity contribution >= 4 is 0 Å². The van der Waals surface area contributed by atoms with Crippen LogP contribution in [0.25, 0.3) is 0 Å². The quantitative estimate of drug-likeness (QED) is 0.699. The molecule has 0 aliphatic carbocycles. The Morgan fingerprint density at radius 3 is 2.54 bits per heavy atom. The molecular formula is C9H18O4. The molecule has 4 atom stereocenters. The van der Waals surface area contributed by atoms with E-state index in [1.165, 1.54) is 0 Å². The Bertz CT molecular complexity index is 151. The van der Waals surface area contributed by atoms with Crippen molar-refractivity contribution in [1.82, 2.24) is 0 Å². The SMILES string of the molecule is CO[C@H]1O[C@H](CO)[C@@H](OC)C[C@H]1C. The van der Waals surface area contributed by atoms with Crippen molar-refractivity contribution in [1.29, 1.82) is 0 Å². The zero-order chi connectivity index (χ0) is 9.84. The van der Waals surface area contributed by atoms with E-state index in [1.54, 1.807) is 14.2 Å². The Balaban J connectivity index is 2.54. The highest BCUT2D eigenvalue weighted by molar-refractivity contribution is 4.79. The second-order valence-corrected chi connectivity index (χ2v) is 3.45. The molecule has 1 saturated heterocycles. The second-order valence-electron chi connectivity index (χ2n) is 3.45. The first-order valence-corrected chi connectivity index (χ1v) is 4.54. The summed E-state index contributed by atoms with van der Waals surface area (Å²) in [5.74, 6) is 0.303. The van der Waals surface area contributed by atoms with Crippen LogP contribution in [0.5, 0.6) is 0 Å². The molecule has 4 nitrogen and oxygen atoms in total. The van der Waals surface area contributed by atoms with E-state index in [2.05, 4.69) is 0 Å². The molecule has 0 aromatic rings. The van der Waals surface area contributed by atoms with Crippen LogP contribution in [0.3, 0.4) is 0 Å². The lowest BCUT2D eigenvalue weighted by molar-refractivity contribution is -0.246. The van der Waals surface area contributed by atoms with Gasteiger partial charge in [0.1, 0.15) is 6.10 Å². The third kappa shape index (κ3) is 2.40. The molecule has 1 aliphatic heterocycles. The minimum Gasteiger partial charge on any atom is -0.394 e. The first-order chi connectivity index (χ1) is 6.22. The molecule has 0 amide bonds. The van der Waals surface area contributed by atoms with Crippen molar-refractivity contribution in [2.45, 2.75) is 31.8 Å². The van der Waals surface area contributed by atoms with E-state index in [9.17, 15) is 0 Å². The van der Waals surface area contributed by atoms with E-state index < -0.39 is 0 Å². The zero-order valence-corrected chi connectivity index (χ0v) is 8.40. The smallest absolute Gasteiger partial charge is 0.160 e. The van der Waals surface area contributed by atoms with Gasteiger partial charge in [0.05, 0.1) is 12.7 Å². The Kier molecular flexibility index (Phi) is 4.12. The molecule has 78 valence electrons. The van der Waals surface area contributed by atoms with E-state index in [-0.39, 0.29) is 25.1 Å². The highest BCUT2D eigenvalue weighted by Gasteiger charge is 2.35. The molecule has 1 N–H and O–H groups in total. The molecular weight excluding hydrogens is 172 g/mol. The van der Waals surface area contributed by atoms with Crippen LogP contribution >= 0.6 is 0 Å². The normalized spacial score (nSPS) is 40.6. The van der Waals surface area contributed by atoms with Gasteiger partial charge in [0.15, 0.2) is 6.29 Å². The van der Waals surface area contributed by atoms with Crippen LogP contribution in [0.15, 0.2) is 0 Å². The number of rotatable bonds is 3. The number of hydrogen-bond acceptors (Lipinski definition) is 4. The van der Waals surface area contributed by atoms with Gasteiger partial charge in [0.2, 0.25) is 0 Å². The zero-order valence-electron chi connectivity index (χ0n) is 8.40. The van der Waals surface area contributed by atoms with Gasteiger partial charge in [0, 0.05) is 20.1 Å². The number of aliphatic hydroxyl groups excluding tert-OH is 1. The molecule has 0 spiro atoms. The largest absolute Gasteiger partial charge is 0.394 e. The van der Waals surface area contributed by atoms with E-state index in [0.29, 0.717) is 5.92 Å². The highest BCUT2D eigenvalue weighted by Crippen LogP contribution is 2.26. The van der Waals surface area contributed by atoms with Crippen LogP contribution in [-0.2, 0) is 14.2 Å². The summed E-state index contributed by atoms with van der Waals surface area (Å²) in [7, 11) is 3.25. The molecule has 0 saturated carbocycles. The molecule has 1 rings (SSSR count). The van der Waals surface area contributed by atoms with Gasteiger partial charge in [-0.3, -0.25) is 0 Å². The molecule has 13 heavy (non-hydrogen) atoms. The van der Waals surface area contributed by atoms with E-state index in [4.69, 9.17) is 19.3 Å². The van der Waals surface area contributed by atoms with Crippen LogP contribution in [0.1, 0.15) is 13.3 Å². The topological polar surface area (TPSA) is 47.9 Å². The number of aliphatic hydroxyl groups is 1. The summed E-state index contributed by atoms with van der Waals surface area (Å²) < 4.78 is 15.9. The molecule has 0 unspecified atom stereocenters. The minimum atomic E-state index is -0.258. The lowest BCUT2D eigenvalue weighted by Gasteiger charge is -2.37. The maximum atomic E-state index is 9.03. The fraction of sp³-hybridized carbons (Fsp3) is 1.00. The number of methoxy groups -OCH3 is 2. The third-order valence-electron chi connectivity index (χ3n) is 2.51. The van der Waals surface area contributed by atoms with E-state index >= 15 is 0 Å². The number of hydrogen-bond donors (Lipinski definition) is 1. The van der Waals surface area contributed by atoms with E-state index in [0.717, 1.165) is 6.42 Å². The second kappa shape index (κ2) is 4.91. The molecule has 0 radical (unpaired) electrons. The fourth-order valence-electron chi connectivity index (χ4n) is 1.72. The maximum Gasteiger partial charge on any atom is 0.160 e. The lowest BCUT2D eigenvalue weighted by atomic mass is 9.96. The first kappa shape index (κ1) is 10.9. The van der Waals surface area contributed by atoms with Crippen LogP contribution in [0, 0.1) is 5.92 Å². The van der Waals surface area contributed by atoms with Crippen molar-refractivity contribution in [3.8, 4) is 0 Å². The minimum absolute atomic E-state index is 0.0219. The predicted molar refractivity (Wildman–Crippen MR) is 47.3 cm³/mol. The van der Waals surface area contributed by atoms with Crippen LogP contribution in [0.2, 0.25) is 0 Å². The summed E-state index contributed by atoms with van der Waals surface area (Å²) in [5, 5.41) is 9.03. The van der Waals surface area contributed by atoms with Gasteiger partial charge in [-0.25, -0.2) is 0 Å².